The zero-order valence-corrected chi connectivity index (χ0v) is 11.5. The van der Waals surface area contributed by atoms with E-state index in [1.807, 2.05) is 5.32 Å². The molecule has 2 N–H and O–H groups in total. The van der Waals surface area contributed by atoms with E-state index in [1.165, 1.54) is 0 Å². The van der Waals surface area contributed by atoms with Crippen molar-refractivity contribution >= 4 is 12.1 Å². The van der Waals surface area contributed by atoms with Crippen LogP contribution in [0.2, 0.25) is 0 Å². The number of carbonyl (C=O) groups is 2. The maximum atomic E-state index is 12.8. The van der Waals surface area contributed by atoms with Crippen molar-refractivity contribution in [3.8, 4) is 0 Å². The highest BCUT2D eigenvalue weighted by Crippen LogP contribution is 2.60. The van der Waals surface area contributed by atoms with Crippen molar-refractivity contribution in [2.75, 3.05) is 0 Å². The summed E-state index contributed by atoms with van der Waals surface area (Å²) < 4.78 is 43.2. The van der Waals surface area contributed by atoms with Crippen molar-refractivity contribution in [1.82, 2.24) is 5.32 Å². The number of amides is 1. The third-order valence-corrected chi connectivity index (χ3v) is 3.04. The minimum atomic E-state index is -4.46. The number of hydrogen-bond acceptors (Lipinski definition) is 3. The van der Waals surface area contributed by atoms with Crippen LogP contribution in [0.25, 0.3) is 0 Å². The van der Waals surface area contributed by atoms with Crippen LogP contribution in [0, 0.1) is 5.41 Å². The molecule has 5 nitrogen and oxygen atoms in total. The summed E-state index contributed by atoms with van der Waals surface area (Å²) in [6, 6.07) is -1.62. The van der Waals surface area contributed by atoms with Crippen molar-refractivity contribution in [3.05, 3.63) is 0 Å². The Balaban J connectivity index is 2.68. The lowest BCUT2D eigenvalue weighted by Gasteiger charge is -2.25. The number of carbonyl (C=O) groups excluding carboxylic acids is 1. The molecule has 0 aliphatic heterocycles. The SMILES string of the molecule is CC(C)(C)OC(=O)N[C@H](CC1(C(F)(F)F)CC1)C(=O)O. The van der Waals surface area contributed by atoms with E-state index in [0.29, 0.717) is 0 Å². The van der Waals surface area contributed by atoms with Gasteiger partial charge < -0.3 is 15.2 Å². The topological polar surface area (TPSA) is 75.6 Å². The van der Waals surface area contributed by atoms with Crippen molar-refractivity contribution in [1.29, 1.82) is 0 Å². The van der Waals surface area contributed by atoms with E-state index >= 15 is 0 Å². The van der Waals surface area contributed by atoms with Crippen molar-refractivity contribution in [2.24, 2.45) is 5.41 Å². The molecule has 1 atom stereocenters. The van der Waals surface area contributed by atoms with Gasteiger partial charge in [0.25, 0.3) is 0 Å². The van der Waals surface area contributed by atoms with Crippen LogP contribution in [-0.4, -0.2) is 35.0 Å². The standard InChI is InChI=1S/C12H18F3NO4/c1-10(2,3)20-9(19)16-7(8(17)18)6-11(4-5-11)12(13,14)15/h7H,4-6H2,1-3H3,(H,16,19)(H,17,18)/t7-/m1/s1. The molecule has 0 bridgehead atoms. The number of hydrogen-bond donors (Lipinski definition) is 2. The summed E-state index contributed by atoms with van der Waals surface area (Å²) in [6.07, 6.45) is -6.41. The maximum absolute atomic E-state index is 12.8. The van der Waals surface area contributed by atoms with E-state index in [-0.39, 0.29) is 12.8 Å². The van der Waals surface area contributed by atoms with Gasteiger partial charge in [-0.25, -0.2) is 9.59 Å². The summed E-state index contributed by atoms with van der Waals surface area (Å²) >= 11 is 0. The number of nitrogens with one attached hydrogen (secondary N) is 1. The quantitative estimate of drug-likeness (QED) is 0.836. The molecule has 1 amide bonds. The number of ether oxygens (including phenoxy) is 1. The van der Waals surface area contributed by atoms with Crippen LogP contribution in [-0.2, 0) is 9.53 Å². The van der Waals surface area contributed by atoms with Gasteiger partial charge in [-0.1, -0.05) is 0 Å². The maximum Gasteiger partial charge on any atom is 0.408 e. The smallest absolute Gasteiger partial charge is 0.408 e. The lowest BCUT2D eigenvalue weighted by Crippen LogP contribution is -2.46. The zero-order chi connectivity index (χ0) is 15.8. The Bertz CT molecular complexity index is 396. The Kier molecular flexibility index (Phi) is 4.26. The number of halogens is 3. The van der Waals surface area contributed by atoms with E-state index < -0.39 is 41.7 Å². The fraction of sp³-hybridized carbons (Fsp3) is 0.833. The molecule has 1 aliphatic rings. The highest BCUT2D eigenvalue weighted by molar-refractivity contribution is 5.80. The summed E-state index contributed by atoms with van der Waals surface area (Å²) in [7, 11) is 0. The predicted octanol–water partition coefficient (Wildman–Crippen LogP) is 2.70. The Morgan fingerprint density at radius 2 is 1.80 bits per heavy atom. The molecule has 8 heteroatoms. The molecule has 1 saturated carbocycles. The van der Waals surface area contributed by atoms with E-state index in [1.54, 1.807) is 20.8 Å². The van der Waals surface area contributed by atoms with Crippen LogP contribution >= 0.6 is 0 Å². The zero-order valence-electron chi connectivity index (χ0n) is 11.5. The Labute approximate surface area is 114 Å². The van der Waals surface area contributed by atoms with Crippen LogP contribution in [0.3, 0.4) is 0 Å². The fourth-order valence-corrected chi connectivity index (χ4v) is 1.79. The minimum Gasteiger partial charge on any atom is -0.480 e. The summed E-state index contributed by atoms with van der Waals surface area (Å²) in [5, 5.41) is 10.9. The second-order valence-electron chi connectivity index (χ2n) is 6.02. The monoisotopic (exact) mass is 297 g/mol. The summed E-state index contributed by atoms with van der Waals surface area (Å²) in [5.41, 5.74) is -2.85. The van der Waals surface area contributed by atoms with E-state index in [9.17, 15) is 22.8 Å². The second kappa shape index (κ2) is 5.14. The first-order valence-corrected chi connectivity index (χ1v) is 6.15. The first-order valence-electron chi connectivity index (χ1n) is 6.15. The number of alkyl halides is 3. The third-order valence-electron chi connectivity index (χ3n) is 3.04. The first kappa shape index (κ1) is 16.6. The molecule has 1 aliphatic carbocycles. The number of carboxylic acids is 1. The summed E-state index contributed by atoms with van der Waals surface area (Å²) in [5.74, 6) is -1.51. The first-order chi connectivity index (χ1) is 8.86. The second-order valence-corrected chi connectivity index (χ2v) is 6.02. The Hall–Kier alpha value is -1.47. The largest absolute Gasteiger partial charge is 0.480 e. The van der Waals surface area contributed by atoms with E-state index in [2.05, 4.69) is 0 Å². The van der Waals surface area contributed by atoms with Gasteiger partial charge in [-0.3, -0.25) is 0 Å². The average Bonchev–Trinajstić information content (AvgIpc) is 2.93. The number of alkyl carbamates (subject to hydrolysis) is 1. The van der Waals surface area contributed by atoms with E-state index in [4.69, 9.17) is 9.84 Å². The van der Waals surface area contributed by atoms with Crippen LogP contribution < -0.4 is 5.32 Å². The van der Waals surface area contributed by atoms with E-state index in [0.717, 1.165) is 0 Å². The average molecular weight is 297 g/mol. The van der Waals surface area contributed by atoms with Gasteiger partial charge in [-0.15, -0.1) is 0 Å². The van der Waals surface area contributed by atoms with Gasteiger partial charge in [0, 0.05) is 0 Å². The summed E-state index contributed by atoms with van der Waals surface area (Å²) in [6.45, 7) is 4.71. The summed E-state index contributed by atoms with van der Waals surface area (Å²) in [4.78, 5) is 22.4. The van der Waals surface area contributed by atoms with Crippen molar-refractivity contribution < 1.29 is 32.6 Å². The fourth-order valence-electron chi connectivity index (χ4n) is 1.79. The molecule has 0 radical (unpaired) electrons. The number of rotatable bonds is 4. The van der Waals surface area contributed by atoms with Crippen LogP contribution in [0.4, 0.5) is 18.0 Å². The lowest BCUT2D eigenvalue weighted by atomic mass is 9.96. The van der Waals surface area contributed by atoms with Gasteiger partial charge in [-0.05, 0) is 40.0 Å². The molecule has 0 aromatic heterocycles. The molecule has 1 rings (SSSR count). The molecular weight excluding hydrogens is 279 g/mol. The molecule has 116 valence electrons. The predicted molar refractivity (Wildman–Crippen MR) is 63.1 cm³/mol. The molecule has 1 fully saturated rings. The van der Waals surface area contributed by atoms with Gasteiger partial charge >= 0.3 is 18.2 Å². The van der Waals surface area contributed by atoms with Gasteiger partial charge in [0.05, 0.1) is 5.41 Å². The molecule has 0 unspecified atom stereocenters. The van der Waals surface area contributed by atoms with Gasteiger partial charge in [0.15, 0.2) is 0 Å². The number of carboxylic acid groups (broad SMARTS) is 1. The van der Waals surface area contributed by atoms with Crippen molar-refractivity contribution in [3.63, 3.8) is 0 Å². The van der Waals surface area contributed by atoms with Gasteiger partial charge in [-0.2, -0.15) is 13.2 Å². The highest BCUT2D eigenvalue weighted by atomic mass is 19.4. The molecule has 0 spiro atoms. The normalized spacial score (nSPS) is 19.1. The molecule has 0 heterocycles. The number of aliphatic carboxylic acids is 1. The Morgan fingerprint density at radius 1 is 1.30 bits per heavy atom. The van der Waals surface area contributed by atoms with Crippen LogP contribution in [0.1, 0.15) is 40.0 Å². The van der Waals surface area contributed by atoms with Crippen LogP contribution in [0.15, 0.2) is 0 Å². The molecule has 0 saturated heterocycles. The Morgan fingerprint density at radius 3 is 2.10 bits per heavy atom. The third kappa shape index (κ3) is 4.28. The molecule has 0 aromatic carbocycles. The van der Waals surface area contributed by atoms with Crippen molar-refractivity contribution in [2.45, 2.75) is 57.9 Å². The lowest BCUT2D eigenvalue weighted by molar-refractivity contribution is -0.191. The van der Waals surface area contributed by atoms with Gasteiger partial charge in [0.1, 0.15) is 11.6 Å². The molecule has 20 heavy (non-hydrogen) atoms. The minimum absolute atomic E-state index is 0.115. The van der Waals surface area contributed by atoms with Gasteiger partial charge in [0.2, 0.25) is 0 Å². The van der Waals surface area contributed by atoms with Crippen LogP contribution in [0.5, 0.6) is 0 Å². The molecular formula is C12H18F3NO4. The molecule has 0 aromatic rings. The highest BCUT2D eigenvalue weighted by Gasteiger charge is 2.64.